The molecule has 5 atom stereocenters. The molecule has 2 nitrogen and oxygen atoms in total. The van der Waals surface area contributed by atoms with Crippen molar-refractivity contribution in [3.05, 3.63) is 0 Å². The maximum atomic E-state index is 12.8. The summed E-state index contributed by atoms with van der Waals surface area (Å²) in [6.07, 6.45) is 4.35. The third kappa shape index (κ3) is 2.89. The van der Waals surface area contributed by atoms with E-state index in [0.29, 0.717) is 29.8 Å². The lowest BCUT2D eigenvalue weighted by Gasteiger charge is -2.34. The first-order valence-corrected chi connectivity index (χ1v) is 7.79. The van der Waals surface area contributed by atoms with Crippen LogP contribution >= 0.6 is 0 Å². The Morgan fingerprint density at radius 1 is 1.22 bits per heavy atom. The molecule has 0 saturated carbocycles. The van der Waals surface area contributed by atoms with Gasteiger partial charge in [-0.05, 0) is 38.0 Å². The standard InChI is InChI=1S/C16H31NO/c1-7-11(4)15(9-3)16(18)17-13(6)12(5)10-14(17)8-2/h11-15H,7-10H2,1-6H3/t11?,12?,13?,14-,15?/m1/s1. The summed E-state index contributed by atoms with van der Waals surface area (Å²) in [6.45, 7) is 13.3. The third-order valence-corrected chi connectivity index (χ3v) is 5.11. The second-order valence-electron chi connectivity index (χ2n) is 6.16. The van der Waals surface area contributed by atoms with Gasteiger partial charge in [-0.3, -0.25) is 4.79 Å². The topological polar surface area (TPSA) is 20.3 Å². The van der Waals surface area contributed by atoms with E-state index >= 15 is 0 Å². The van der Waals surface area contributed by atoms with E-state index in [1.54, 1.807) is 0 Å². The van der Waals surface area contributed by atoms with Crippen LogP contribution in [0.3, 0.4) is 0 Å². The van der Waals surface area contributed by atoms with Crippen molar-refractivity contribution in [2.75, 3.05) is 0 Å². The summed E-state index contributed by atoms with van der Waals surface area (Å²) in [5.41, 5.74) is 0. The van der Waals surface area contributed by atoms with Crippen LogP contribution in [-0.2, 0) is 4.79 Å². The van der Waals surface area contributed by atoms with Crippen LogP contribution in [0.15, 0.2) is 0 Å². The quantitative estimate of drug-likeness (QED) is 0.722. The van der Waals surface area contributed by atoms with Crippen LogP contribution in [0.4, 0.5) is 0 Å². The lowest BCUT2D eigenvalue weighted by atomic mass is 9.88. The zero-order chi connectivity index (χ0) is 13.9. The van der Waals surface area contributed by atoms with Gasteiger partial charge in [-0.25, -0.2) is 0 Å². The average Bonchev–Trinajstić information content (AvgIpc) is 2.65. The van der Waals surface area contributed by atoms with Crippen molar-refractivity contribution in [3.63, 3.8) is 0 Å². The molecule has 18 heavy (non-hydrogen) atoms. The van der Waals surface area contributed by atoms with E-state index in [4.69, 9.17) is 0 Å². The SMILES string of the molecule is CCC(C)C(CC)C(=O)N1C(C)C(C)C[C@H]1CC. The van der Waals surface area contributed by atoms with Gasteiger partial charge < -0.3 is 4.90 Å². The number of carbonyl (C=O) groups excluding carboxylic acids is 1. The molecular formula is C16H31NO. The molecule has 1 heterocycles. The van der Waals surface area contributed by atoms with Gasteiger partial charge in [0, 0.05) is 18.0 Å². The van der Waals surface area contributed by atoms with Crippen molar-refractivity contribution in [1.82, 2.24) is 4.90 Å². The predicted octanol–water partition coefficient (Wildman–Crippen LogP) is 4.09. The Hall–Kier alpha value is -0.530. The number of carbonyl (C=O) groups is 1. The lowest BCUT2D eigenvalue weighted by Crippen LogP contribution is -2.45. The minimum atomic E-state index is 0.219. The predicted molar refractivity (Wildman–Crippen MR) is 77.4 cm³/mol. The second kappa shape index (κ2) is 6.58. The Kier molecular flexibility index (Phi) is 5.68. The van der Waals surface area contributed by atoms with Gasteiger partial charge in [-0.2, -0.15) is 0 Å². The molecule has 0 aromatic heterocycles. The minimum absolute atomic E-state index is 0.219. The molecule has 0 aromatic carbocycles. The smallest absolute Gasteiger partial charge is 0.226 e. The highest BCUT2D eigenvalue weighted by molar-refractivity contribution is 5.80. The summed E-state index contributed by atoms with van der Waals surface area (Å²) in [5, 5.41) is 0. The Morgan fingerprint density at radius 3 is 2.28 bits per heavy atom. The molecule has 0 bridgehead atoms. The molecule has 1 aliphatic heterocycles. The number of likely N-dealkylation sites (tertiary alicyclic amines) is 1. The van der Waals surface area contributed by atoms with E-state index in [2.05, 4.69) is 46.4 Å². The molecule has 106 valence electrons. The molecule has 1 saturated heterocycles. The van der Waals surface area contributed by atoms with Gasteiger partial charge in [0.1, 0.15) is 0 Å². The molecule has 1 fully saturated rings. The fourth-order valence-corrected chi connectivity index (χ4v) is 3.39. The molecule has 1 amide bonds. The van der Waals surface area contributed by atoms with E-state index in [1.807, 2.05) is 0 Å². The molecule has 4 unspecified atom stereocenters. The van der Waals surface area contributed by atoms with Crippen LogP contribution in [0.2, 0.25) is 0 Å². The summed E-state index contributed by atoms with van der Waals surface area (Å²) < 4.78 is 0. The van der Waals surface area contributed by atoms with Gasteiger partial charge in [-0.1, -0.05) is 41.0 Å². The molecule has 1 rings (SSSR count). The molecule has 2 heteroatoms. The van der Waals surface area contributed by atoms with Crippen LogP contribution in [0.1, 0.15) is 67.2 Å². The van der Waals surface area contributed by atoms with Crippen LogP contribution in [0, 0.1) is 17.8 Å². The van der Waals surface area contributed by atoms with Crippen molar-refractivity contribution in [2.45, 2.75) is 79.3 Å². The fourth-order valence-electron chi connectivity index (χ4n) is 3.39. The van der Waals surface area contributed by atoms with Crippen LogP contribution in [-0.4, -0.2) is 22.9 Å². The highest BCUT2D eigenvalue weighted by Crippen LogP contribution is 2.34. The zero-order valence-electron chi connectivity index (χ0n) is 13.1. The first-order chi connectivity index (χ1) is 8.47. The first-order valence-electron chi connectivity index (χ1n) is 7.79. The summed E-state index contributed by atoms with van der Waals surface area (Å²) >= 11 is 0. The van der Waals surface area contributed by atoms with Gasteiger partial charge in [-0.15, -0.1) is 0 Å². The normalized spacial score (nSPS) is 31.4. The molecule has 0 radical (unpaired) electrons. The number of hydrogen-bond acceptors (Lipinski definition) is 1. The number of amides is 1. The Bertz CT molecular complexity index is 276. The zero-order valence-corrected chi connectivity index (χ0v) is 13.1. The average molecular weight is 253 g/mol. The maximum absolute atomic E-state index is 12.8. The Labute approximate surface area is 113 Å². The van der Waals surface area contributed by atoms with Crippen molar-refractivity contribution in [3.8, 4) is 0 Å². The van der Waals surface area contributed by atoms with Gasteiger partial charge in [0.25, 0.3) is 0 Å². The van der Waals surface area contributed by atoms with Gasteiger partial charge in [0.15, 0.2) is 0 Å². The molecular weight excluding hydrogens is 222 g/mol. The highest BCUT2D eigenvalue weighted by atomic mass is 16.2. The summed E-state index contributed by atoms with van der Waals surface area (Å²) in [5.74, 6) is 1.78. The van der Waals surface area contributed by atoms with E-state index < -0.39 is 0 Å². The second-order valence-corrected chi connectivity index (χ2v) is 6.16. The van der Waals surface area contributed by atoms with E-state index in [1.165, 1.54) is 6.42 Å². The fraction of sp³-hybridized carbons (Fsp3) is 0.938. The molecule has 0 aliphatic carbocycles. The summed E-state index contributed by atoms with van der Waals surface area (Å²) in [6, 6.07) is 0.890. The number of hydrogen-bond donors (Lipinski definition) is 0. The van der Waals surface area contributed by atoms with Crippen molar-refractivity contribution >= 4 is 5.91 Å². The number of rotatable bonds is 5. The first kappa shape index (κ1) is 15.5. The molecule has 0 N–H and O–H groups in total. The summed E-state index contributed by atoms with van der Waals surface area (Å²) in [4.78, 5) is 15.0. The third-order valence-electron chi connectivity index (χ3n) is 5.11. The van der Waals surface area contributed by atoms with Crippen molar-refractivity contribution < 1.29 is 4.79 Å². The molecule has 1 aliphatic rings. The van der Waals surface area contributed by atoms with Gasteiger partial charge >= 0.3 is 0 Å². The molecule has 0 spiro atoms. The highest BCUT2D eigenvalue weighted by Gasteiger charge is 2.40. The van der Waals surface area contributed by atoms with E-state index in [9.17, 15) is 4.79 Å². The van der Waals surface area contributed by atoms with Crippen LogP contribution < -0.4 is 0 Å². The van der Waals surface area contributed by atoms with Gasteiger partial charge in [0.2, 0.25) is 5.91 Å². The van der Waals surface area contributed by atoms with Crippen molar-refractivity contribution in [2.24, 2.45) is 17.8 Å². The lowest BCUT2D eigenvalue weighted by molar-refractivity contribution is -0.140. The van der Waals surface area contributed by atoms with Crippen LogP contribution in [0.5, 0.6) is 0 Å². The summed E-state index contributed by atoms with van der Waals surface area (Å²) in [7, 11) is 0. The maximum Gasteiger partial charge on any atom is 0.226 e. The Balaban J connectivity index is 2.86. The largest absolute Gasteiger partial charge is 0.336 e. The Morgan fingerprint density at radius 2 is 1.83 bits per heavy atom. The monoisotopic (exact) mass is 253 g/mol. The van der Waals surface area contributed by atoms with Gasteiger partial charge in [0.05, 0.1) is 0 Å². The molecule has 0 aromatic rings. The van der Waals surface area contributed by atoms with Crippen LogP contribution in [0.25, 0.3) is 0 Å². The number of nitrogens with zero attached hydrogens (tertiary/aromatic N) is 1. The minimum Gasteiger partial charge on any atom is -0.336 e. The van der Waals surface area contributed by atoms with Crippen molar-refractivity contribution in [1.29, 1.82) is 0 Å². The van der Waals surface area contributed by atoms with E-state index in [0.717, 1.165) is 19.3 Å². The van der Waals surface area contributed by atoms with E-state index in [-0.39, 0.29) is 5.92 Å².